The molecule has 170 valence electrons. The molecule has 0 unspecified atom stereocenters. The number of aromatic nitrogens is 2. The lowest BCUT2D eigenvalue weighted by atomic mass is 9.98. The molecule has 0 atom stereocenters. The molecule has 4 rings (SSSR count). The molecule has 0 radical (unpaired) electrons. The number of nitrogen functional groups attached to an aromatic ring is 1. The fraction of sp³-hybridized carbons (Fsp3) is 0.280. The van der Waals surface area contributed by atoms with E-state index in [1.165, 1.54) is 6.20 Å². The predicted octanol–water partition coefficient (Wildman–Crippen LogP) is 2.39. The van der Waals surface area contributed by atoms with Gasteiger partial charge in [-0.3, -0.25) is 9.59 Å². The summed E-state index contributed by atoms with van der Waals surface area (Å²) in [5, 5.41) is 9.17. The molecule has 0 bridgehead atoms. The van der Waals surface area contributed by atoms with Gasteiger partial charge in [-0.05, 0) is 49.5 Å². The topological polar surface area (TPSA) is 122 Å². The Morgan fingerprint density at radius 2 is 1.79 bits per heavy atom. The molecule has 1 aliphatic heterocycles. The standard InChI is InChI=1S/C25H28N6O2/c26-23-22(25(33)30-15-18-9-11-27-12-10-18)31-21(16-28-23)19-7-4-8-20(13-19)24(32)29-14-17-5-2-1-3-6-17/h1-8,13,16,18,27H,9-12,14-15H2,(H2,26,28)(H,29,32)(H,30,33). The number of benzene rings is 2. The number of nitrogens with zero attached hydrogens (tertiary/aromatic N) is 2. The van der Waals surface area contributed by atoms with Crippen molar-refractivity contribution in [1.82, 2.24) is 25.9 Å². The van der Waals surface area contributed by atoms with E-state index in [4.69, 9.17) is 5.73 Å². The zero-order valence-electron chi connectivity index (χ0n) is 18.4. The first kappa shape index (κ1) is 22.4. The molecular weight excluding hydrogens is 416 g/mol. The lowest BCUT2D eigenvalue weighted by Gasteiger charge is -2.22. The fourth-order valence-electron chi connectivity index (χ4n) is 3.81. The van der Waals surface area contributed by atoms with Crippen molar-refractivity contribution in [3.63, 3.8) is 0 Å². The van der Waals surface area contributed by atoms with Gasteiger partial charge in [-0.25, -0.2) is 9.97 Å². The van der Waals surface area contributed by atoms with E-state index in [-0.39, 0.29) is 23.3 Å². The van der Waals surface area contributed by atoms with Gasteiger partial charge in [0.25, 0.3) is 11.8 Å². The number of hydrogen-bond donors (Lipinski definition) is 4. The van der Waals surface area contributed by atoms with Crippen molar-refractivity contribution in [3.8, 4) is 11.3 Å². The van der Waals surface area contributed by atoms with Gasteiger partial charge in [-0.15, -0.1) is 0 Å². The molecule has 8 heteroatoms. The highest BCUT2D eigenvalue weighted by atomic mass is 16.2. The molecule has 1 aromatic heterocycles. The monoisotopic (exact) mass is 444 g/mol. The average Bonchev–Trinajstić information content (AvgIpc) is 2.87. The molecule has 2 amide bonds. The van der Waals surface area contributed by atoms with Crippen LogP contribution in [-0.2, 0) is 6.54 Å². The number of anilines is 1. The second-order valence-electron chi connectivity index (χ2n) is 8.14. The molecular formula is C25H28N6O2. The number of amides is 2. The summed E-state index contributed by atoms with van der Waals surface area (Å²) in [7, 11) is 0. The van der Waals surface area contributed by atoms with Gasteiger partial charge in [0.05, 0.1) is 11.9 Å². The molecule has 0 spiro atoms. The number of nitrogens with one attached hydrogen (secondary N) is 3. The van der Waals surface area contributed by atoms with Crippen LogP contribution in [0.5, 0.6) is 0 Å². The van der Waals surface area contributed by atoms with Gasteiger partial charge < -0.3 is 21.7 Å². The second kappa shape index (κ2) is 10.7. The smallest absolute Gasteiger partial charge is 0.273 e. The number of rotatable bonds is 7. The van der Waals surface area contributed by atoms with Crippen molar-refractivity contribution in [2.75, 3.05) is 25.4 Å². The molecule has 1 saturated heterocycles. The van der Waals surface area contributed by atoms with Crippen LogP contribution in [0.15, 0.2) is 60.8 Å². The lowest BCUT2D eigenvalue weighted by molar-refractivity contribution is 0.0935. The van der Waals surface area contributed by atoms with Crippen LogP contribution in [0.1, 0.15) is 39.3 Å². The maximum atomic E-state index is 12.7. The van der Waals surface area contributed by atoms with Crippen LogP contribution in [-0.4, -0.2) is 41.4 Å². The van der Waals surface area contributed by atoms with Crippen molar-refractivity contribution in [2.24, 2.45) is 5.92 Å². The molecule has 1 aliphatic rings. The SMILES string of the molecule is Nc1ncc(-c2cccc(C(=O)NCc3ccccc3)c2)nc1C(=O)NCC1CCNCC1. The number of nitrogens with two attached hydrogens (primary N) is 1. The van der Waals surface area contributed by atoms with E-state index in [2.05, 4.69) is 25.9 Å². The van der Waals surface area contributed by atoms with Gasteiger partial charge in [0, 0.05) is 24.2 Å². The van der Waals surface area contributed by atoms with Gasteiger partial charge in [-0.2, -0.15) is 0 Å². The Morgan fingerprint density at radius 3 is 2.58 bits per heavy atom. The largest absolute Gasteiger partial charge is 0.382 e. The maximum Gasteiger partial charge on any atom is 0.273 e. The van der Waals surface area contributed by atoms with E-state index in [1.807, 2.05) is 36.4 Å². The van der Waals surface area contributed by atoms with Gasteiger partial charge in [0.1, 0.15) is 0 Å². The van der Waals surface area contributed by atoms with Crippen LogP contribution < -0.4 is 21.7 Å². The summed E-state index contributed by atoms with van der Waals surface area (Å²) in [6.07, 6.45) is 3.57. The molecule has 33 heavy (non-hydrogen) atoms. The number of carbonyl (C=O) groups excluding carboxylic acids is 2. The molecule has 0 aliphatic carbocycles. The molecule has 2 heterocycles. The van der Waals surface area contributed by atoms with Crippen LogP contribution in [0, 0.1) is 5.92 Å². The minimum Gasteiger partial charge on any atom is -0.382 e. The number of piperidine rings is 1. The van der Waals surface area contributed by atoms with Crippen LogP contribution in [0.2, 0.25) is 0 Å². The third kappa shape index (κ3) is 5.93. The Balaban J connectivity index is 1.45. The van der Waals surface area contributed by atoms with Crippen molar-refractivity contribution < 1.29 is 9.59 Å². The third-order valence-electron chi connectivity index (χ3n) is 5.74. The van der Waals surface area contributed by atoms with Crippen LogP contribution >= 0.6 is 0 Å². The summed E-state index contributed by atoms with van der Waals surface area (Å²) >= 11 is 0. The van der Waals surface area contributed by atoms with E-state index < -0.39 is 0 Å². The summed E-state index contributed by atoms with van der Waals surface area (Å²) in [6.45, 7) is 2.95. The maximum absolute atomic E-state index is 12.7. The quantitative estimate of drug-likeness (QED) is 0.444. The molecule has 5 N–H and O–H groups in total. The van der Waals surface area contributed by atoms with E-state index in [9.17, 15) is 9.59 Å². The van der Waals surface area contributed by atoms with Gasteiger partial charge >= 0.3 is 0 Å². The summed E-state index contributed by atoms with van der Waals surface area (Å²) < 4.78 is 0. The highest BCUT2D eigenvalue weighted by Gasteiger charge is 2.18. The first-order valence-electron chi connectivity index (χ1n) is 11.1. The predicted molar refractivity (Wildman–Crippen MR) is 127 cm³/mol. The summed E-state index contributed by atoms with van der Waals surface area (Å²) in [6, 6.07) is 16.8. The summed E-state index contributed by atoms with van der Waals surface area (Å²) in [5.74, 6) is -0.00171. The fourth-order valence-corrected chi connectivity index (χ4v) is 3.81. The zero-order chi connectivity index (χ0) is 23.0. The van der Waals surface area contributed by atoms with E-state index in [1.54, 1.807) is 18.2 Å². The van der Waals surface area contributed by atoms with Crippen molar-refractivity contribution >= 4 is 17.6 Å². The number of carbonyl (C=O) groups is 2. The van der Waals surface area contributed by atoms with Crippen molar-refractivity contribution in [2.45, 2.75) is 19.4 Å². The van der Waals surface area contributed by atoms with Crippen LogP contribution in [0.25, 0.3) is 11.3 Å². The van der Waals surface area contributed by atoms with Crippen molar-refractivity contribution in [3.05, 3.63) is 77.6 Å². The Bertz CT molecular complexity index is 1110. The molecule has 2 aromatic carbocycles. The normalized spacial score (nSPS) is 13.9. The lowest BCUT2D eigenvalue weighted by Crippen LogP contribution is -2.36. The van der Waals surface area contributed by atoms with Crippen LogP contribution in [0.4, 0.5) is 5.82 Å². The highest BCUT2D eigenvalue weighted by molar-refractivity contribution is 5.97. The second-order valence-corrected chi connectivity index (χ2v) is 8.14. The molecule has 3 aromatic rings. The Morgan fingerprint density at radius 1 is 1.00 bits per heavy atom. The third-order valence-corrected chi connectivity index (χ3v) is 5.74. The minimum atomic E-state index is -0.336. The first-order chi connectivity index (χ1) is 16.1. The van der Waals surface area contributed by atoms with Gasteiger partial charge in [-0.1, -0.05) is 42.5 Å². The van der Waals surface area contributed by atoms with E-state index in [0.717, 1.165) is 31.5 Å². The molecule has 8 nitrogen and oxygen atoms in total. The number of hydrogen-bond acceptors (Lipinski definition) is 6. The summed E-state index contributed by atoms with van der Waals surface area (Å²) in [4.78, 5) is 34.0. The zero-order valence-corrected chi connectivity index (χ0v) is 18.4. The Kier molecular flexibility index (Phi) is 7.26. The average molecular weight is 445 g/mol. The Hall–Kier alpha value is -3.78. The van der Waals surface area contributed by atoms with Crippen LogP contribution in [0.3, 0.4) is 0 Å². The Labute approximate surface area is 193 Å². The first-order valence-corrected chi connectivity index (χ1v) is 11.1. The molecule has 0 saturated carbocycles. The summed E-state index contributed by atoms with van der Waals surface area (Å²) in [5.41, 5.74) is 8.72. The minimum absolute atomic E-state index is 0.0818. The van der Waals surface area contributed by atoms with Gasteiger partial charge in [0.2, 0.25) is 0 Å². The van der Waals surface area contributed by atoms with E-state index >= 15 is 0 Å². The van der Waals surface area contributed by atoms with E-state index in [0.29, 0.717) is 35.8 Å². The van der Waals surface area contributed by atoms with Crippen molar-refractivity contribution in [1.29, 1.82) is 0 Å². The highest BCUT2D eigenvalue weighted by Crippen LogP contribution is 2.20. The van der Waals surface area contributed by atoms with Gasteiger partial charge in [0.15, 0.2) is 11.5 Å². The molecule has 1 fully saturated rings.